The highest BCUT2D eigenvalue weighted by Gasteiger charge is 2.29. The van der Waals surface area contributed by atoms with Gasteiger partial charge in [-0.05, 0) is 49.1 Å². The van der Waals surface area contributed by atoms with Crippen molar-refractivity contribution in [1.29, 1.82) is 0 Å². The molecule has 102 valence electrons. The van der Waals surface area contributed by atoms with Crippen molar-refractivity contribution in [1.82, 2.24) is 0 Å². The summed E-state index contributed by atoms with van der Waals surface area (Å²) in [5.41, 5.74) is 2.94. The number of hydrogen-bond donors (Lipinski definition) is 0. The third-order valence-corrected chi connectivity index (χ3v) is 2.53. The number of carbonyl (C=O) groups excluding carboxylic acids is 1. The number of carbonyl (C=O) groups is 1. The maximum absolute atomic E-state index is 12.3. The second-order valence-electron chi connectivity index (χ2n) is 4.09. The molecule has 0 atom stereocenters. The maximum Gasteiger partial charge on any atom is 0.416 e. The summed E-state index contributed by atoms with van der Waals surface area (Å²) in [6.07, 6.45) is 3.19. The molecule has 1 aromatic rings. The number of allylic oxidation sites excluding steroid dienone is 1. The van der Waals surface area contributed by atoms with Crippen LogP contribution >= 0.6 is 0 Å². The highest BCUT2D eigenvalue weighted by Crippen LogP contribution is 2.29. The Morgan fingerprint density at radius 3 is 2.26 bits per heavy atom. The molecule has 0 amide bonds. The maximum atomic E-state index is 12.3. The van der Waals surface area contributed by atoms with Gasteiger partial charge in [0, 0.05) is 6.42 Å². The summed E-state index contributed by atoms with van der Waals surface area (Å²) in [5, 5.41) is 0. The molecular formula is C15H15F3O. The summed E-state index contributed by atoms with van der Waals surface area (Å²) < 4.78 is 37.0. The molecule has 0 aromatic heterocycles. The molecule has 0 radical (unpaired) electrons. The van der Waals surface area contributed by atoms with Crippen molar-refractivity contribution < 1.29 is 18.0 Å². The van der Waals surface area contributed by atoms with Crippen molar-refractivity contribution >= 4 is 12.4 Å². The average Bonchev–Trinajstić information content (AvgIpc) is 2.37. The van der Waals surface area contributed by atoms with Gasteiger partial charge in [-0.3, -0.25) is 0 Å². The van der Waals surface area contributed by atoms with Gasteiger partial charge >= 0.3 is 6.18 Å². The fourth-order valence-corrected chi connectivity index (χ4v) is 1.48. The Kier molecular flexibility index (Phi) is 6.10. The first-order chi connectivity index (χ1) is 9.04. The zero-order valence-electron chi connectivity index (χ0n) is 10.4. The van der Waals surface area contributed by atoms with E-state index in [2.05, 4.69) is 5.73 Å². The molecule has 0 spiro atoms. The summed E-state index contributed by atoms with van der Waals surface area (Å²) >= 11 is 0. The van der Waals surface area contributed by atoms with Gasteiger partial charge in [-0.1, -0.05) is 12.1 Å². The van der Waals surface area contributed by atoms with E-state index in [9.17, 15) is 18.0 Å². The molecule has 0 saturated heterocycles. The van der Waals surface area contributed by atoms with Crippen molar-refractivity contribution in [3.8, 4) is 0 Å². The fraction of sp³-hybridized carbons (Fsp3) is 0.333. The van der Waals surface area contributed by atoms with Crippen LogP contribution < -0.4 is 0 Å². The Morgan fingerprint density at radius 2 is 1.68 bits per heavy atom. The van der Waals surface area contributed by atoms with Crippen LogP contribution in [0.25, 0.3) is 6.08 Å². The van der Waals surface area contributed by atoms with Crippen molar-refractivity contribution in [3.05, 3.63) is 47.2 Å². The lowest BCUT2D eigenvalue weighted by Crippen LogP contribution is -2.03. The van der Waals surface area contributed by atoms with Gasteiger partial charge in [0.05, 0.1) is 5.56 Å². The molecule has 1 aromatic carbocycles. The molecule has 0 bridgehead atoms. The number of aldehydes is 1. The van der Waals surface area contributed by atoms with Crippen LogP contribution in [0.1, 0.15) is 36.8 Å². The molecule has 0 saturated carbocycles. The Hall–Kier alpha value is -1.80. The van der Waals surface area contributed by atoms with Crippen molar-refractivity contribution in [2.75, 3.05) is 0 Å². The highest BCUT2D eigenvalue weighted by atomic mass is 19.4. The predicted molar refractivity (Wildman–Crippen MR) is 68.5 cm³/mol. The quantitative estimate of drug-likeness (QED) is 0.417. The van der Waals surface area contributed by atoms with Crippen LogP contribution in [0, 0.1) is 0 Å². The first kappa shape index (κ1) is 15.3. The Bertz CT molecular complexity index is 451. The normalized spacial score (nSPS) is 10.7. The number of hydrogen-bond acceptors (Lipinski definition) is 1. The molecule has 0 aliphatic rings. The van der Waals surface area contributed by atoms with E-state index in [1.54, 1.807) is 6.08 Å². The van der Waals surface area contributed by atoms with E-state index >= 15 is 0 Å². The summed E-state index contributed by atoms with van der Waals surface area (Å²) in [5.74, 6) is 0. The summed E-state index contributed by atoms with van der Waals surface area (Å²) in [4.78, 5) is 10.1. The lowest BCUT2D eigenvalue weighted by Gasteiger charge is -2.05. The lowest BCUT2D eigenvalue weighted by atomic mass is 10.1. The minimum atomic E-state index is -4.29. The van der Waals surface area contributed by atoms with Gasteiger partial charge in [0.1, 0.15) is 6.29 Å². The molecule has 0 aliphatic carbocycles. The van der Waals surface area contributed by atoms with Gasteiger partial charge in [0.15, 0.2) is 0 Å². The number of unbranched alkanes of at least 4 members (excludes halogenated alkanes) is 3. The predicted octanol–water partition coefficient (Wildman–Crippen LogP) is 4.63. The van der Waals surface area contributed by atoms with Crippen molar-refractivity contribution in [2.24, 2.45) is 0 Å². The van der Waals surface area contributed by atoms with Crippen LogP contribution in [-0.4, -0.2) is 6.29 Å². The zero-order chi connectivity index (χ0) is 14.1. The van der Waals surface area contributed by atoms with Gasteiger partial charge < -0.3 is 4.79 Å². The minimum Gasteiger partial charge on any atom is -0.303 e. The SMILES string of the molecule is O=CCCCCC=C=Cc1ccc(C(F)(F)F)cc1. The lowest BCUT2D eigenvalue weighted by molar-refractivity contribution is -0.137. The van der Waals surface area contributed by atoms with E-state index in [0.717, 1.165) is 37.7 Å². The van der Waals surface area contributed by atoms with Crippen LogP contribution in [0.4, 0.5) is 13.2 Å². The van der Waals surface area contributed by atoms with Crippen LogP contribution in [0.5, 0.6) is 0 Å². The van der Waals surface area contributed by atoms with Crippen LogP contribution in [0.15, 0.2) is 36.1 Å². The molecule has 0 aliphatic heterocycles. The molecule has 0 fully saturated rings. The number of rotatable bonds is 6. The van der Waals surface area contributed by atoms with Gasteiger partial charge in [-0.2, -0.15) is 13.2 Å². The fourth-order valence-electron chi connectivity index (χ4n) is 1.48. The summed E-state index contributed by atoms with van der Waals surface area (Å²) in [7, 11) is 0. The van der Waals surface area contributed by atoms with Crippen molar-refractivity contribution in [2.45, 2.75) is 31.9 Å². The Morgan fingerprint density at radius 1 is 1.05 bits per heavy atom. The highest BCUT2D eigenvalue weighted by molar-refractivity contribution is 5.49. The standard InChI is InChI=1S/C15H15F3O/c16-15(17,18)14-10-8-13(9-11-14)7-5-3-1-2-4-6-12-19/h3,7-12H,1-2,4,6H2. The third kappa shape index (κ3) is 6.07. The molecule has 1 rings (SSSR count). The van der Waals surface area contributed by atoms with Crippen LogP contribution in [-0.2, 0) is 11.0 Å². The average molecular weight is 268 g/mol. The summed E-state index contributed by atoms with van der Waals surface area (Å²) in [6, 6.07) is 4.93. The first-order valence-corrected chi connectivity index (χ1v) is 6.06. The summed E-state index contributed by atoms with van der Waals surface area (Å²) in [6.45, 7) is 0. The number of alkyl halides is 3. The van der Waals surface area contributed by atoms with E-state index in [1.165, 1.54) is 12.1 Å². The number of halogens is 3. The van der Waals surface area contributed by atoms with E-state index in [-0.39, 0.29) is 0 Å². The van der Waals surface area contributed by atoms with Gasteiger partial charge in [-0.25, -0.2) is 0 Å². The molecule has 0 N–H and O–H groups in total. The smallest absolute Gasteiger partial charge is 0.303 e. The van der Waals surface area contributed by atoms with Gasteiger partial charge in [-0.15, -0.1) is 5.73 Å². The monoisotopic (exact) mass is 268 g/mol. The Balaban J connectivity index is 2.49. The third-order valence-electron chi connectivity index (χ3n) is 2.53. The second kappa shape index (κ2) is 7.59. The molecule has 4 heteroatoms. The Labute approximate surface area is 110 Å². The van der Waals surface area contributed by atoms with Crippen LogP contribution in [0.2, 0.25) is 0 Å². The van der Waals surface area contributed by atoms with E-state index < -0.39 is 11.7 Å². The molecule has 0 unspecified atom stereocenters. The number of benzene rings is 1. The molecule has 0 heterocycles. The van der Waals surface area contributed by atoms with Gasteiger partial charge in [0.2, 0.25) is 0 Å². The van der Waals surface area contributed by atoms with Crippen LogP contribution in [0.3, 0.4) is 0 Å². The topological polar surface area (TPSA) is 17.1 Å². The zero-order valence-corrected chi connectivity index (χ0v) is 10.4. The second-order valence-corrected chi connectivity index (χ2v) is 4.09. The van der Waals surface area contributed by atoms with Gasteiger partial charge in [0.25, 0.3) is 0 Å². The molecular weight excluding hydrogens is 253 g/mol. The minimum absolute atomic E-state index is 0.566. The molecule has 19 heavy (non-hydrogen) atoms. The van der Waals surface area contributed by atoms with E-state index in [4.69, 9.17) is 0 Å². The molecule has 1 nitrogen and oxygen atoms in total. The van der Waals surface area contributed by atoms with E-state index in [1.807, 2.05) is 6.08 Å². The van der Waals surface area contributed by atoms with E-state index in [0.29, 0.717) is 12.0 Å². The first-order valence-electron chi connectivity index (χ1n) is 6.06. The van der Waals surface area contributed by atoms with Crippen molar-refractivity contribution in [3.63, 3.8) is 0 Å². The largest absolute Gasteiger partial charge is 0.416 e.